The lowest BCUT2D eigenvalue weighted by Gasteiger charge is -2.38. The van der Waals surface area contributed by atoms with Gasteiger partial charge in [-0.1, -0.05) is 153 Å². The van der Waals surface area contributed by atoms with Gasteiger partial charge in [-0.15, -0.1) is 0 Å². The van der Waals surface area contributed by atoms with E-state index in [1.807, 2.05) is 11.8 Å². The maximum atomic E-state index is 11.7. The van der Waals surface area contributed by atoms with Crippen LogP contribution in [-0.4, -0.2) is 215 Å². The summed E-state index contributed by atoms with van der Waals surface area (Å²) in [5, 5.41) is 0. The zero-order chi connectivity index (χ0) is 68.4. The van der Waals surface area contributed by atoms with Gasteiger partial charge in [0.25, 0.3) is 0 Å². The first-order valence-electron chi connectivity index (χ1n) is 38.1. The minimum atomic E-state index is 0. The van der Waals surface area contributed by atoms with Crippen molar-refractivity contribution in [3.63, 3.8) is 0 Å². The minimum absolute atomic E-state index is 0. The van der Waals surface area contributed by atoms with Crippen molar-refractivity contribution in [1.29, 1.82) is 0 Å². The normalized spacial score (nSPS) is 18.6. The monoisotopic (exact) mass is 1370 g/mol. The van der Waals surface area contributed by atoms with E-state index in [0.29, 0.717) is 84.0 Å². The Morgan fingerprint density at radius 3 is 1.22 bits per heavy atom. The quantitative estimate of drug-likeness (QED) is 0.0706. The van der Waals surface area contributed by atoms with E-state index >= 15 is 0 Å². The number of hydrogen-bond donors (Lipinski definition) is 0. The zero-order valence-corrected chi connectivity index (χ0v) is 63.7. The van der Waals surface area contributed by atoms with Crippen LogP contribution in [0.4, 0.5) is 0 Å². The molecule has 2 unspecified atom stereocenters. The highest BCUT2D eigenvalue weighted by atomic mass is 16.5. The number of likely N-dealkylation sites (N-methyl/N-ethyl adjacent to an activating group) is 1. The molecule has 0 N–H and O–H groups in total. The van der Waals surface area contributed by atoms with Crippen LogP contribution in [0, 0.1) is 35.5 Å². The average Bonchev–Trinajstić information content (AvgIpc) is 1.55. The van der Waals surface area contributed by atoms with Crippen molar-refractivity contribution in [2.24, 2.45) is 35.5 Å². The molecule has 0 aromatic heterocycles. The summed E-state index contributed by atoms with van der Waals surface area (Å²) in [5.41, 5.74) is 0. The number of hydrogen-bond acceptors (Lipinski definition) is 13. The highest BCUT2D eigenvalue weighted by Crippen LogP contribution is 2.22. The van der Waals surface area contributed by atoms with Crippen molar-refractivity contribution in [1.82, 2.24) is 29.4 Å². The molecule has 96 heavy (non-hydrogen) atoms. The molecular formula is C82H174N6O8. The molecule has 14 heteroatoms. The van der Waals surface area contributed by atoms with E-state index in [9.17, 15) is 19.2 Å². The van der Waals surface area contributed by atoms with Gasteiger partial charge in [0.1, 0.15) is 17.3 Å². The number of piperidine rings is 2. The second kappa shape index (κ2) is 67.6. The van der Waals surface area contributed by atoms with Crippen LogP contribution in [0.1, 0.15) is 316 Å². The lowest BCUT2D eigenvalue weighted by atomic mass is 10.0. The lowest BCUT2D eigenvalue weighted by molar-refractivity contribution is -0.133. The Hall–Kier alpha value is -1.88. The highest BCUT2D eigenvalue weighted by Gasteiger charge is 2.23. The summed E-state index contributed by atoms with van der Waals surface area (Å²) in [6.45, 7) is 59.5. The van der Waals surface area contributed by atoms with Crippen molar-refractivity contribution in [3.8, 4) is 0 Å². The molecule has 0 bridgehead atoms. The predicted octanol–water partition coefficient (Wildman–Crippen LogP) is 19.2. The van der Waals surface area contributed by atoms with Crippen LogP contribution in [0.2, 0.25) is 0 Å². The molecule has 6 heterocycles. The number of rotatable bonds is 29. The molecule has 1 aliphatic carbocycles. The first kappa shape index (κ1) is 105. The van der Waals surface area contributed by atoms with Crippen LogP contribution in [0.25, 0.3) is 0 Å². The van der Waals surface area contributed by atoms with Gasteiger partial charge < -0.3 is 48.3 Å². The first-order chi connectivity index (χ1) is 43.2. The summed E-state index contributed by atoms with van der Waals surface area (Å²) in [5.74, 6) is 5.23. The SMILES string of the molecule is C.C.C.C.C.CC(C)C(C)N1CCC1.CC(C)CC(=O)CC1CCCO1.CC(C)CC(=O)CCN1CCCCC1.CC(C)CCC(=O)N1CCN(C)CC1.CC(C)COC1CCCC1.CC(C)OCCN1CCCC1.CC(C)OCCN1CCCCC1.CCCC(=O)CC(C)C. The Morgan fingerprint density at radius 2 is 0.865 bits per heavy atom. The molecule has 0 aromatic rings. The van der Waals surface area contributed by atoms with Crippen molar-refractivity contribution < 1.29 is 38.1 Å². The number of carbonyl (C=O) groups is 4. The molecule has 1 saturated carbocycles. The summed E-state index contributed by atoms with van der Waals surface area (Å²) < 4.78 is 22.0. The van der Waals surface area contributed by atoms with Crippen LogP contribution in [0.3, 0.4) is 0 Å². The van der Waals surface area contributed by atoms with Gasteiger partial charge in [0.05, 0.1) is 37.6 Å². The highest BCUT2D eigenvalue weighted by molar-refractivity contribution is 5.79. The van der Waals surface area contributed by atoms with Gasteiger partial charge in [-0.25, -0.2) is 0 Å². The largest absolute Gasteiger partial charge is 0.378 e. The summed E-state index contributed by atoms with van der Waals surface area (Å²) in [6.07, 6.45) is 28.6. The molecule has 0 radical (unpaired) electrons. The van der Waals surface area contributed by atoms with E-state index in [2.05, 4.69) is 149 Å². The fourth-order valence-corrected chi connectivity index (χ4v) is 11.7. The predicted molar refractivity (Wildman–Crippen MR) is 420 cm³/mol. The van der Waals surface area contributed by atoms with E-state index < -0.39 is 0 Å². The fourth-order valence-electron chi connectivity index (χ4n) is 11.7. The van der Waals surface area contributed by atoms with Gasteiger partial charge in [0.15, 0.2) is 0 Å². The third kappa shape index (κ3) is 64.2. The van der Waals surface area contributed by atoms with Crippen LogP contribution in [-0.2, 0) is 38.1 Å². The molecular weight excluding hydrogens is 1200 g/mol. The first-order valence-corrected chi connectivity index (χ1v) is 38.1. The maximum absolute atomic E-state index is 11.7. The van der Waals surface area contributed by atoms with Crippen LogP contribution >= 0.6 is 0 Å². The van der Waals surface area contributed by atoms with Crippen LogP contribution in [0.5, 0.6) is 0 Å². The van der Waals surface area contributed by atoms with Gasteiger partial charge in [-0.3, -0.25) is 19.2 Å². The van der Waals surface area contributed by atoms with Crippen molar-refractivity contribution >= 4 is 23.3 Å². The molecule has 2 atom stereocenters. The van der Waals surface area contributed by atoms with Crippen LogP contribution in [0.15, 0.2) is 0 Å². The number of likely N-dealkylation sites (tertiary alicyclic amines) is 4. The Kier molecular flexibility index (Phi) is 74.0. The van der Waals surface area contributed by atoms with Gasteiger partial charge >= 0.3 is 0 Å². The smallest absolute Gasteiger partial charge is 0.222 e. The van der Waals surface area contributed by atoms with Gasteiger partial charge in [-0.05, 0) is 213 Å². The topological polar surface area (TPSA) is 125 Å². The maximum Gasteiger partial charge on any atom is 0.222 e. The molecule has 6 saturated heterocycles. The second-order valence-corrected chi connectivity index (χ2v) is 30.6. The summed E-state index contributed by atoms with van der Waals surface area (Å²) in [7, 11) is 2.11. The van der Waals surface area contributed by atoms with E-state index in [0.717, 1.165) is 142 Å². The number of ketones is 3. The Bertz CT molecular complexity index is 1690. The van der Waals surface area contributed by atoms with E-state index in [1.54, 1.807) is 0 Å². The number of ether oxygens (including phenoxy) is 4. The molecule has 7 aliphatic rings. The zero-order valence-electron chi connectivity index (χ0n) is 63.7. The number of piperazine rings is 1. The Labute approximate surface area is 601 Å². The van der Waals surface area contributed by atoms with Gasteiger partial charge in [0, 0.05) is 110 Å². The second-order valence-electron chi connectivity index (χ2n) is 30.6. The fraction of sp³-hybridized carbons (Fsp3) is 0.951. The van der Waals surface area contributed by atoms with Gasteiger partial charge in [0.2, 0.25) is 5.91 Å². The molecule has 0 spiro atoms. The van der Waals surface area contributed by atoms with Crippen molar-refractivity contribution in [2.75, 3.05) is 132 Å². The molecule has 0 aromatic carbocycles. The molecule has 580 valence electrons. The minimum Gasteiger partial charge on any atom is -0.378 e. The Morgan fingerprint density at radius 1 is 0.438 bits per heavy atom. The third-order valence-corrected chi connectivity index (χ3v) is 17.6. The summed E-state index contributed by atoms with van der Waals surface area (Å²) >= 11 is 0. The van der Waals surface area contributed by atoms with Crippen molar-refractivity contribution in [3.05, 3.63) is 0 Å². The number of nitrogens with zero attached hydrogens (tertiary/aromatic N) is 6. The average molecular weight is 1370 g/mol. The molecule has 7 fully saturated rings. The van der Waals surface area contributed by atoms with Gasteiger partial charge in [-0.2, -0.15) is 0 Å². The summed E-state index contributed by atoms with van der Waals surface area (Å²) in [4.78, 5) is 59.6. The van der Waals surface area contributed by atoms with E-state index in [-0.39, 0.29) is 43.2 Å². The molecule has 1 amide bonds. The molecule has 7 rings (SSSR count). The lowest BCUT2D eigenvalue weighted by Crippen LogP contribution is -2.47. The third-order valence-electron chi connectivity index (χ3n) is 17.6. The van der Waals surface area contributed by atoms with E-state index in [1.165, 1.54) is 136 Å². The molecule has 6 aliphatic heterocycles. The number of amides is 1. The Balaban J connectivity index is -0.000000240. The van der Waals surface area contributed by atoms with Crippen LogP contribution < -0.4 is 0 Å². The molecule has 14 nitrogen and oxygen atoms in total. The van der Waals surface area contributed by atoms with Crippen molar-refractivity contribution in [2.45, 2.75) is 346 Å². The number of Topliss-reactive ketones (excluding diaryl/α,β-unsaturated/α-hetero) is 3. The van der Waals surface area contributed by atoms with E-state index in [4.69, 9.17) is 18.9 Å². The number of carbonyl (C=O) groups excluding carboxylic acids is 4. The summed E-state index contributed by atoms with van der Waals surface area (Å²) in [6, 6.07) is 0.804. The standard InChI is InChI=1S/C12H23NO.C11H22N2O.C10H21NO.C10H18O2.C9H19NO.C9H18O.C8H17N.C8H16O.5CH4/c1-11(2)10-12(14)6-9-13-7-4-3-5-8-13;1-10(2)4-5-11(14)13-8-6-12(3)7-9-13;1-10(2)12-9-8-11-6-4-3-5-7-11;1-8(2)6-9(11)7-10-4-3-5-12-10;1-9(2)11-8-7-10-5-3-4-6-10;1-8(2)7-10-9-5-3-4-6-9;1-7(2)8(3)9-5-4-6-9;1-4-5-8(9)6-7(2)3;;;;;/h11H,3-10H2,1-2H3;10H,4-9H2,1-3H3;10H,3-9H2,1-2H3;8,10H,3-7H2,1-2H3;9H,3-8H2,1-2H3;8-9H,3-7H2,1-2H3;7-8H,4-6H2,1-3H3;7H,4-6H2,1-3H3;5*1H4.